The average molecular weight is 477 g/mol. The van der Waals surface area contributed by atoms with Crippen molar-refractivity contribution >= 4 is 33.3 Å². The van der Waals surface area contributed by atoms with Crippen LogP contribution in [0.4, 0.5) is 0 Å². The summed E-state index contributed by atoms with van der Waals surface area (Å²) in [5.41, 5.74) is 4.39. The van der Waals surface area contributed by atoms with Crippen molar-refractivity contribution in [2.24, 2.45) is 21.8 Å². The van der Waals surface area contributed by atoms with E-state index in [4.69, 9.17) is 19.5 Å². The van der Waals surface area contributed by atoms with Crippen molar-refractivity contribution in [2.45, 2.75) is 39.8 Å². The van der Waals surface area contributed by atoms with Crippen LogP contribution in [0.3, 0.4) is 0 Å². The molecule has 36 heavy (non-hydrogen) atoms. The molecule has 0 fully saturated rings. The van der Waals surface area contributed by atoms with Crippen LogP contribution in [0.25, 0.3) is 32.7 Å². The maximum absolute atomic E-state index is 6.19. The molecule has 0 amide bonds. The molecule has 0 spiro atoms. The van der Waals surface area contributed by atoms with E-state index in [9.17, 15) is 0 Å². The third kappa shape index (κ3) is 3.95. The van der Waals surface area contributed by atoms with Crippen LogP contribution in [0.5, 0.6) is 0 Å². The van der Waals surface area contributed by atoms with Crippen molar-refractivity contribution in [1.82, 2.24) is 0 Å². The summed E-state index contributed by atoms with van der Waals surface area (Å²) in [5, 5.41) is 4.75. The molecule has 0 N–H and O–H groups in total. The smallest absolute Gasteiger partial charge is 0.217 e. The Kier molecular flexibility index (Phi) is 5.75. The molecule has 0 radical (unpaired) electrons. The van der Waals surface area contributed by atoms with Crippen molar-refractivity contribution < 1.29 is 9.47 Å². The summed E-state index contributed by atoms with van der Waals surface area (Å²) >= 11 is 0. The summed E-state index contributed by atoms with van der Waals surface area (Å²) in [6, 6.07) is 26.3. The number of hydrogen-bond donors (Lipinski definition) is 0. The summed E-state index contributed by atoms with van der Waals surface area (Å²) in [6.07, 6.45) is 0. The Hall–Kier alpha value is -3.66. The number of fused-ring (bicyclic) bond motifs is 2. The molecule has 0 aromatic heterocycles. The molecule has 0 saturated heterocycles. The van der Waals surface area contributed by atoms with E-state index in [2.05, 4.69) is 100 Å². The second-order valence-corrected chi connectivity index (χ2v) is 10.6. The van der Waals surface area contributed by atoms with Crippen LogP contribution in [0.1, 0.15) is 38.8 Å². The lowest BCUT2D eigenvalue weighted by atomic mass is 9.89. The van der Waals surface area contributed by atoms with Crippen molar-refractivity contribution in [2.75, 3.05) is 13.2 Å². The largest absolute Gasteiger partial charge is 0.475 e. The lowest BCUT2D eigenvalue weighted by Gasteiger charge is -2.16. The third-order valence-electron chi connectivity index (χ3n) is 7.44. The molecule has 4 aromatic carbocycles. The fraction of sp³-hybridized carbons (Fsp3) is 0.312. The van der Waals surface area contributed by atoms with Gasteiger partial charge in [0.05, 0.1) is 12.1 Å². The summed E-state index contributed by atoms with van der Waals surface area (Å²) < 4.78 is 12.2. The quantitative estimate of drug-likeness (QED) is 0.304. The van der Waals surface area contributed by atoms with Gasteiger partial charge < -0.3 is 9.47 Å². The van der Waals surface area contributed by atoms with Gasteiger partial charge in [-0.15, -0.1) is 0 Å². The molecule has 0 unspecified atom stereocenters. The Morgan fingerprint density at radius 2 is 1.28 bits per heavy atom. The van der Waals surface area contributed by atoms with Gasteiger partial charge in [-0.05, 0) is 57.1 Å². The number of nitrogens with zero attached hydrogens (tertiary/aromatic N) is 2. The van der Waals surface area contributed by atoms with E-state index in [1.54, 1.807) is 0 Å². The van der Waals surface area contributed by atoms with Gasteiger partial charge >= 0.3 is 0 Å². The summed E-state index contributed by atoms with van der Waals surface area (Å²) in [4.78, 5) is 9.87. The molecule has 2 atom stereocenters. The van der Waals surface area contributed by atoms with Crippen molar-refractivity contribution in [1.29, 1.82) is 0 Å². The summed E-state index contributed by atoms with van der Waals surface area (Å²) in [7, 11) is 0. The average Bonchev–Trinajstić information content (AvgIpc) is 3.58. The Morgan fingerprint density at radius 3 is 2.03 bits per heavy atom. The Bertz CT molecular complexity index is 1520. The molecule has 0 aliphatic carbocycles. The summed E-state index contributed by atoms with van der Waals surface area (Å²) in [6.45, 7) is 10.1. The molecule has 182 valence electrons. The van der Waals surface area contributed by atoms with E-state index >= 15 is 0 Å². The van der Waals surface area contributed by atoms with Gasteiger partial charge in [-0.3, -0.25) is 0 Å². The maximum Gasteiger partial charge on any atom is 0.217 e. The van der Waals surface area contributed by atoms with Crippen LogP contribution in [0.15, 0.2) is 82.8 Å². The predicted octanol–water partition coefficient (Wildman–Crippen LogP) is 7.26. The third-order valence-corrected chi connectivity index (χ3v) is 7.44. The van der Waals surface area contributed by atoms with Gasteiger partial charge in [0, 0.05) is 16.7 Å². The van der Waals surface area contributed by atoms with E-state index in [0.29, 0.717) is 25.0 Å². The number of benzene rings is 4. The molecule has 0 bridgehead atoms. The number of aliphatic imine (C=N–C) groups is 2. The van der Waals surface area contributed by atoms with Gasteiger partial charge in [0.2, 0.25) is 11.8 Å². The first kappa shape index (κ1) is 22.8. The summed E-state index contributed by atoms with van der Waals surface area (Å²) in [5.74, 6) is 2.38. The molecule has 4 nitrogen and oxygen atoms in total. The number of ether oxygens (including phenoxy) is 2. The Labute approximate surface area is 212 Å². The first-order chi connectivity index (χ1) is 17.5. The van der Waals surface area contributed by atoms with Gasteiger partial charge in [0.25, 0.3) is 0 Å². The van der Waals surface area contributed by atoms with Crippen molar-refractivity contribution in [3.05, 3.63) is 83.9 Å². The van der Waals surface area contributed by atoms with Crippen molar-refractivity contribution in [3.63, 3.8) is 0 Å². The lowest BCUT2D eigenvalue weighted by Crippen LogP contribution is -2.13. The highest BCUT2D eigenvalue weighted by atomic mass is 16.5. The van der Waals surface area contributed by atoms with Crippen LogP contribution >= 0.6 is 0 Å². The molecular formula is C32H32N2O2. The molecule has 2 heterocycles. The highest BCUT2D eigenvalue weighted by molar-refractivity contribution is 6.15. The zero-order chi connectivity index (χ0) is 24.8. The highest BCUT2D eigenvalue weighted by Crippen LogP contribution is 2.38. The van der Waals surface area contributed by atoms with Crippen LogP contribution in [-0.2, 0) is 9.47 Å². The molecule has 2 aliphatic rings. The Morgan fingerprint density at radius 1 is 0.639 bits per heavy atom. The van der Waals surface area contributed by atoms with Crippen LogP contribution in [-0.4, -0.2) is 37.1 Å². The van der Waals surface area contributed by atoms with Gasteiger partial charge in [0.1, 0.15) is 13.2 Å². The van der Waals surface area contributed by atoms with Crippen LogP contribution in [0.2, 0.25) is 0 Å². The highest BCUT2D eigenvalue weighted by Gasteiger charge is 2.27. The van der Waals surface area contributed by atoms with Gasteiger partial charge in [-0.25, -0.2) is 9.98 Å². The zero-order valence-corrected chi connectivity index (χ0v) is 21.4. The number of hydrogen-bond acceptors (Lipinski definition) is 4. The monoisotopic (exact) mass is 476 g/mol. The van der Waals surface area contributed by atoms with E-state index in [-0.39, 0.29) is 12.1 Å². The second-order valence-electron chi connectivity index (χ2n) is 10.6. The minimum atomic E-state index is 0.185. The van der Waals surface area contributed by atoms with Crippen LogP contribution < -0.4 is 0 Å². The second kappa shape index (κ2) is 9.09. The van der Waals surface area contributed by atoms with Gasteiger partial charge in [0.15, 0.2) is 0 Å². The van der Waals surface area contributed by atoms with Crippen molar-refractivity contribution in [3.8, 4) is 11.1 Å². The standard InChI is InChI=1S/C32H32N2O2/c1-19(2)28-17-35-31(33-28)23-13-12-22-9-7-11-25(27(22)16-23)30-24-10-6-5-8-21(24)14-15-26(30)32-34-29(18-36-32)20(3)4/h5-16,19-20,28-29H,17-18H2,1-4H3/t28-,29-/m1/s1. The SMILES string of the molecule is CC(C)[C@H]1COC(c2ccc3cccc(-c4c(C5=N[C@@H](C(C)C)CO5)ccc5ccccc45)c3c2)=N1. The van der Waals surface area contributed by atoms with E-state index < -0.39 is 0 Å². The molecule has 6 rings (SSSR count). The minimum absolute atomic E-state index is 0.185. The van der Waals surface area contributed by atoms with E-state index in [0.717, 1.165) is 28.5 Å². The fourth-order valence-electron chi connectivity index (χ4n) is 5.13. The van der Waals surface area contributed by atoms with Gasteiger partial charge in [-0.2, -0.15) is 0 Å². The zero-order valence-electron chi connectivity index (χ0n) is 21.4. The molecule has 2 aliphatic heterocycles. The lowest BCUT2D eigenvalue weighted by molar-refractivity contribution is 0.291. The topological polar surface area (TPSA) is 43.2 Å². The van der Waals surface area contributed by atoms with E-state index in [1.807, 2.05) is 0 Å². The molecular weight excluding hydrogens is 444 g/mol. The maximum atomic E-state index is 6.19. The minimum Gasteiger partial charge on any atom is -0.475 e. The molecule has 0 saturated carbocycles. The molecule has 4 heteroatoms. The van der Waals surface area contributed by atoms with Gasteiger partial charge in [-0.1, -0.05) is 82.3 Å². The fourth-order valence-corrected chi connectivity index (χ4v) is 5.13. The predicted molar refractivity (Wildman–Crippen MR) is 149 cm³/mol. The number of rotatable bonds is 5. The van der Waals surface area contributed by atoms with Crippen LogP contribution in [0, 0.1) is 11.8 Å². The molecule has 4 aromatic rings. The first-order valence-corrected chi connectivity index (χ1v) is 13.0. The van der Waals surface area contributed by atoms with E-state index in [1.165, 1.54) is 27.1 Å². The normalized spacial score (nSPS) is 19.6. The Balaban J connectivity index is 1.57. The first-order valence-electron chi connectivity index (χ1n) is 13.0.